The molecular formula is C21H20N2O8. The quantitative estimate of drug-likeness (QED) is 0.224. The maximum atomic E-state index is 12.8. The van der Waals surface area contributed by atoms with Crippen LogP contribution in [0.2, 0.25) is 0 Å². The van der Waals surface area contributed by atoms with Crippen LogP contribution in [0, 0.1) is 10.1 Å². The highest BCUT2D eigenvalue weighted by molar-refractivity contribution is 6.46. The van der Waals surface area contributed by atoms with Gasteiger partial charge in [-0.05, 0) is 29.8 Å². The molecule has 31 heavy (non-hydrogen) atoms. The first-order valence-electron chi connectivity index (χ1n) is 9.20. The van der Waals surface area contributed by atoms with Gasteiger partial charge in [0.1, 0.15) is 5.76 Å². The van der Waals surface area contributed by atoms with Crippen LogP contribution in [0.1, 0.15) is 17.2 Å². The minimum absolute atomic E-state index is 0.137. The van der Waals surface area contributed by atoms with E-state index >= 15 is 0 Å². The van der Waals surface area contributed by atoms with Crippen LogP contribution in [0.4, 0.5) is 5.69 Å². The van der Waals surface area contributed by atoms with Crippen LogP contribution in [0.3, 0.4) is 0 Å². The molecule has 0 aliphatic carbocycles. The van der Waals surface area contributed by atoms with E-state index in [1.54, 1.807) is 18.2 Å². The first kappa shape index (κ1) is 21.8. The molecule has 10 nitrogen and oxygen atoms in total. The van der Waals surface area contributed by atoms with Crippen molar-refractivity contribution in [1.29, 1.82) is 0 Å². The minimum atomic E-state index is -0.998. The molecule has 1 aliphatic rings. The molecule has 2 aromatic rings. The molecule has 1 atom stereocenters. The molecule has 0 spiro atoms. The zero-order valence-corrected chi connectivity index (χ0v) is 16.8. The lowest BCUT2D eigenvalue weighted by Gasteiger charge is -2.25. The zero-order chi connectivity index (χ0) is 22.7. The predicted molar refractivity (Wildman–Crippen MR) is 109 cm³/mol. The number of likely N-dealkylation sites (tertiary alicyclic amines) is 1. The number of ether oxygens (including phenoxy) is 2. The minimum Gasteiger partial charge on any atom is -0.507 e. The number of non-ortho nitro benzene ring substituents is 1. The van der Waals surface area contributed by atoms with Gasteiger partial charge in [-0.15, -0.1) is 0 Å². The second-order valence-electron chi connectivity index (χ2n) is 6.63. The highest BCUT2D eigenvalue weighted by Gasteiger charge is 2.46. The number of β-amino-alcohol motifs (C(OH)–C–C–N with tert-alkyl or cyclic N) is 1. The predicted octanol–water partition coefficient (Wildman–Crippen LogP) is 2.03. The third kappa shape index (κ3) is 3.92. The molecule has 0 saturated carbocycles. The fourth-order valence-corrected chi connectivity index (χ4v) is 3.48. The number of benzene rings is 2. The van der Waals surface area contributed by atoms with Crippen LogP contribution in [-0.2, 0) is 9.59 Å². The van der Waals surface area contributed by atoms with Crippen molar-refractivity contribution in [2.75, 3.05) is 27.4 Å². The number of nitro groups is 1. The Hall–Kier alpha value is -3.92. The first-order valence-corrected chi connectivity index (χ1v) is 9.20. The van der Waals surface area contributed by atoms with Crippen molar-refractivity contribution in [2.24, 2.45) is 0 Å². The third-order valence-corrected chi connectivity index (χ3v) is 4.96. The standard InChI is InChI=1S/C21H20N2O8/c1-30-15-8-5-13(11-16(15)31-2)18-17(20(26)21(27)22(18)9-10-24)19(25)12-3-6-14(7-4-12)23(28)29/h3-8,11,18,24-25H,9-10H2,1-2H3/b19-17+/t18-/m1/s1. The fourth-order valence-electron chi connectivity index (χ4n) is 3.48. The molecule has 1 fully saturated rings. The Kier molecular flexibility index (Phi) is 6.21. The Labute approximate surface area is 177 Å². The average molecular weight is 428 g/mol. The Morgan fingerprint density at radius 3 is 2.29 bits per heavy atom. The molecule has 1 heterocycles. The Morgan fingerprint density at radius 2 is 1.74 bits per heavy atom. The SMILES string of the molecule is COc1ccc([C@@H]2/C(=C(\O)c3ccc([N+](=O)[O-])cc3)C(=O)C(=O)N2CCO)cc1OC. The van der Waals surface area contributed by atoms with E-state index in [2.05, 4.69) is 0 Å². The number of hydrogen-bond donors (Lipinski definition) is 2. The van der Waals surface area contributed by atoms with Gasteiger partial charge in [-0.2, -0.15) is 0 Å². The summed E-state index contributed by atoms with van der Waals surface area (Å²) in [6, 6.07) is 8.74. The summed E-state index contributed by atoms with van der Waals surface area (Å²) in [4.78, 5) is 36.8. The number of carbonyl (C=O) groups excluding carboxylic acids is 2. The van der Waals surface area contributed by atoms with E-state index in [1.807, 2.05) is 0 Å². The summed E-state index contributed by atoms with van der Waals surface area (Å²) in [5.41, 5.74) is 0.208. The van der Waals surface area contributed by atoms with Crippen molar-refractivity contribution < 1.29 is 34.2 Å². The van der Waals surface area contributed by atoms with E-state index in [-0.39, 0.29) is 23.4 Å². The van der Waals surface area contributed by atoms with Gasteiger partial charge in [0.15, 0.2) is 11.5 Å². The first-order chi connectivity index (χ1) is 14.8. The summed E-state index contributed by atoms with van der Waals surface area (Å²) in [7, 11) is 2.90. The molecule has 0 bridgehead atoms. The normalized spacial score (nSPS) is 17.6. The zero-order valence-electron chi connectivity index (χ0n) is 16.8. The van der Waals surface area contributed by atoms with Crippen LogP contribution in [0.5, 0.6) is 11.5 Å². The highest BCUT2D eigenvalue weighted by atomic mass is 16.6. The van der Waals surface area contributed by atoms with Crippen molar-refractivity contribution in [1.82, 2.24) is 4.90 Å². The number of aliphatic hydroxyl groups excluding tert-OH is 2. The fraction of sp³-hybridized carbons (Fsp3) is 0.238. The van der Waals surface area contributed by atoms with Crippen molar-refractivity contribution in [3.63, 3.8) is 0 Å². The molecule has 0 unspecified atom stereocenters. The van der Waals surface area contributed by atoms with Gasteiger partial charge in [-0.3, -0.25) is 19.7 Å². The van der Waals surface area contributed by atoms with Crippen molar-refractivity contribution in [3.05, 3.63) is 69.3 Å². The maximum Gasteiger partial charge on any atom is 0.295 e. The lowest BCUT2D eigenvalue weighted by atomic mass is 9.95. The second-order valence-corrected chi connectivity index (χ2v) is 6.63. The van der Waals surface area contributed by atoms with Crippen LogP contribution >= 0.6 is 0 Å². The number of carbonyl (C=O) groups is 2. The van der Waals surface area contributed by atoms with Crippen LogP contribution in [0.25, 0.3) is 5.76 Å². The lowest BCUT2D eigenvalue weighted by molar-refractivity contribution is -0.384. The van der Waals surface area contributed by atoms with Gasteiger partial charge >= 0.3 is 0 Å². The van der Waals surface area contributed by atoms with E-state index in [9.17, 15) is 29.9 Å². The summed E-state index contributed by atoms with van der Waals surface area (Å²) in [5.74, 6) is -1.50. The molecule has 162 valence electrons. The molecule has 2 aromatic carbocycles. The molecular weight excluding hydrogens is 408 g/mol. The summed E-state index contributed by atoms with van der Waals surface area (Å²) >= 11 is 0. The van der Waals surface area contributed by atoms with E-state index in [0.717, 1.165) is 4.90 Å². The molecule has 2 N–H and O–H groups in total. The number of hydrogen-bond acceptors (Lipinski definition) is 8. The molecule has 3 rings (SSSR count). The molecule has 1 amide bonds. The van der Waals surface area contributed by atoms with Crippen molar-refractivity contribution in [3.8, 4) is 11.5 Å². The Morgan fingerprint density at radius 1 is 1.10 bits per heavy atom. The highest BCUT2D eigenvalue weighted by Crippen LogP contribution is 2.41. The molecule has 0 aromatic heterocycles. The van der Waals surface area contributed by atoms with Crippen LogP contribution in [0.15, 0.2) is 48.0 Å². The second kappa shape index (κ2) is 8.84. The summed E-state index contributed by atoms with van der Waals surface area (Å²) in [5, 5.41) is 31.2. The number of amides is 1. The number of Topliss-reactive ketones (excluding diaryl/α,β-unsaturated/α-hetero) is 1. The topological polar surface area (TPSA) is 139 Å². The largest absolute Gasteiger partial charge is 0.507 e. The Balaban J connectivity index is 2.18. The molecule has 1 aliphatic heterocycles. The molecule has 0 radical (unpaired) electrons. The van der Waals surface area contributed by atoms with Crippen molar-refractivity contribution >= 4 is 23.1 Å². The Bertz CT molecular complexity index is 1060. The van der Waals surface area contributed by atoms with Gasteiger partial charge in [0.05, 0.1) is 37.4 Å². The van der Waals surface area contributed by atoms with Gasteiger partial charge in [-0.1, -0.05) is 6.07 Å². The van der Waals surface area contributed by atoms with Crippen LogP contribution in [-0.4, -0.2) is 59.1 Å². The van der Waals surface area contributed by atoms with E-state index in [0.29, 0.717) is 17.1 Å². The van der Waals surface area contributed by atoms with E-state index in [1.165, 1.54) is 38.5 Å². The number of nitrogens with zero attached hydrogens (tertiary/aromatic N) is 2. The lowest BCUT2D eigenvalue weighted by Crippen LogP contribution is -2.32. The number of aliphatic hydroxyl groups is 2. The number of rotatable bonds is 7. The maximum absolute atomic E-state index is 12.8. The molecule has 10 heteroatoms. The van der Waals surface area contributed by atoms with Crippen molar-refractivity contribution in [2.45, 2.75) is 6.04 Å². The smallest absolute Gasteiger partial charge is 0.295 e. The number of ketones is 1. The van der Waals surface area contributed by atoms with Gasteiger partial charge in [0.2, 0.25) is 0 Å². The third-order valence-electron chi connectivity index (χ3n) is 4.96. The van der Waals surface area contributed by atoms with Gasteiger partial charge in [-0.25, -0.2) is 0 Å². The van der Waals surface area contributed by atoms with Crippen LogP contribution < -0.4 is 9.47 Å². The monoisotopic (exact) mass is 428 g/mol. The van der Waals surface area contributed by atoms with Gasteiger partial charge in [0.25, 0.3) is 17.4 Å². The number of methoxy groups -OCH3 is 2. The average Bonchev–Trinajstić information content (AvgIpc) is 3.03. The summed E-state index contributed by atoms with van der Waals surface area (Å²) in [6.45, 7) is -0.533. The number of nitro benzene ring substituents is 1. The van der Waals surface area contributed by atoms with E-state index in [4.69, 9.17) is 9.47 Å². The molecule has 1 saturated heterocycles. The van der Waals surface area contributed by atoms with Gasteiger partial charge in [0, 0.05) is 24.2 Å². The summed E-state index contributed by atoms with van der Waals surface area (Å²) in [6.07, 6.45) is 0. The summed E-state index contributed by atoms with van der Waals surface area (Å²) < 4.78 is 10.5. The van der Waals surface area contributed by atoms with Gasteiger partial charge < -0.3 is 24.6 Å². The van der Waals surface area contributed by atoms with E-state index < -0.39 is 35.0 Å².